The molecule has 128 valence electrons. The first-order valence-corrected chi connectivity index (χ1v) is 8.37. The van der Waals surface area contributed by atoms with E-state index in [-0.39, 0.29) is 17.9 Å². The summed E-state index contributed by atoms with van der Waals surface area (Å²) in [5.74, 6) is -0.280. The minimum atomic E-state index is -0.493. The number of imide groups is 1. The van der Waals surface area contributed by atoms with Crippen LogP contribution in [0.15, 0.2) is 41.0 Å². The molecule has 1 aliphatic heterocycles. The van der Waals surface area contributed by atoms with Crippen molar-refractivity contribution in [2.75, 3.05) is 10.6 Å². The van der Waals surface area contributed by atoms with Crippen molar-refractivity contribution in [3.63, 3.8) is 0 Å². The monoisotopic (exact) mass is 402 g/mol. The van der Waals surface area contributed by atoms with Gasteiger partial charge in [-0.3, -0.25) is 19.8 Å². The Hall–Kier alpha value is -2.74. The molecule has 2 N–H and O–H groups in total. The summed E-state index contributed by atoms with van der Waals surface area (Å²) in [6.45, 7) is 3.55. The standard InChI is InChI=1S/C17H15BrN4O3/c1-9(2)22-15(23)12-5-4-11(7-13(12)16(22)24)20-17(25)21-14-6-3-10(18)8-19-14/h3-9H,1-2H3,(H2,19,20,21,25). The smallest absolute Gasteiger partial charge is 0.308 e. The molecule has 0 unspecified atom stereocenters. The Labute approximate surface area is 152 Å². The van der Waals surface area contributed by atoms with Crippen molar-refractivity contribution in [1.82, 2.24) is 9.88 Å². The van der Waals surface area contributed by atoms with Gasteiger partial charge in [-0.25, -0.2) is 9.78 Å². The lowest BCUT2D eigenvalue weighted by molar-refractivity contribution is 0.0609. The lowest BCUT2D eigenvalue weighted by Crippen LogP contribution is -2.35. The highest BCUT2D eigenvalue weighted by Crippen LogP contribution is 2.27. The third kappa shape index (κ3) is 3.39. The third-order valence-corrected chi connectivity index (χ3v) is 4.13. The highest BCUT2D eigenvalue weighted by Gasteiger charge is 2.37. The highest BCUT2D eigenvalue weighted by molar-refractivity contribution is 9.10. The van der Waals surface area contributed by atoms with Gasteiger partial charge in [0.25, 0.3) is 11.8 Å². The lowest BCUT2D eigenvalue weighted by atomic mass is 10.1. The van der Waals surface area contributed by atoms with Gasteiger partial charge >= 0.3 is 6.03 Å². The van der Waals surface area contributed by atoms with Crippen molar-refractivity contribution in [1.29, 1.82) is 0 Å². The van der Waals surface area contributed by atoms with Crippen molar-refractivity contribution in [3.8, 4) is 0 Å². The zero-order chi connectivity index (χ0) is 18.1. The summed E-state index contributed by atoms with van der Waals surface area (Å²) < 4.78 is 0.801. The zero-order valence-corrected chi connectivity index (χ0v) is 15.1. The Kier molecular flexibility index (Phi) is 4.54. The number of hydrogen-bond acceptors (Lipinski definition) is 4. The largest absolute Gasteiger partial charge is 0.324 e. The molecule has 1 aromatic heterocycles. The summed E-state index contributed by atoms with van der Waals surface area (Å²) in [7, 11) is 0. The summed E-state index contributed by atoms with van der Waals surface area (Å²) in [6.07, 6.45) is 1.57. The first-order valence-electron chi connectivity index (χ1n) is 7.58. The number of pyridine rings is 1. The van der Waals surface area contributed by atoms with E-state index in [1.54, 1.807) is 44.3 Å². The quantitative estimate of drug-likeness (QED) is 0.768. The molecule has 2 aromatic rings. The van der Waals surface area contributed by atoms with Crippen LogP contribution < -0.4 is 10.6 Å². The van der Waals surface area contributed by atoms with Gasteiger partial charge in [0.1, 0.15) is 5.82 Å². The van der Waals surface area contributed by atoms with E-state index in [1.165, 1.54) is 11.0 Å². The number of carbonyl (C=O) groups excluding carboxylic acids is 3. The zero-order valence-electron chi connectivity index (χ0n) is 13.5. The number of aromatic nitrogens is 1. The van der Waals surface area contributed by atoms with Crippen LogP contribution in [-0.4, -0.2) is 33.8 Å². The first kappa shape index (κ1) is 17.1. The van der Waals surface area contributed by atoms with Crippen molar-refractivity contribution >= 4 is 45.3 Å². The van der Waals surface area contributed by atoms with E-state index in [4.69, 9.17) is 0 Å². The Morgan fingerprint density at radius 1 is 1.08 bits per heavy atom. The van der Waals surface area contributed by atoms with Crippen molar-refractivity contribution in [2.24, 2.45) is 0 Å². The van der Waals surface area contributed by atoms with Crippen LogP contribution in [0.1, 0.15) is 34.6 Å². The maximum absolute atomic E-state index is 12.4. The van der Waals surface area contributed by atoms with Gasteiger partial charge in [-0.05, 0) is 60.1 Å². The molecule has 0 aliphatic carbocycles. The van der Waals surface area contributed by atoms with Gasteiger partial charge < -0.3 is 5.32 Å². The van der Waals surface area contributed by atoms with Crippen LogP contribution >= 0.6 is 15.9 Å². The summed E-state index contributed by atoms with van der Waals surface area (Å²) >= 11 is 3.27. The first-order chi connectivity index (χ1) is 11.9. The van der Waals surface area contributed by atoms with E-state index < -0.39 is 6.03 Å². The van der Waals surface area contributed by atoms with Gasteiger partial charge in [0, 0.05) is 22.4 Å². The molecule has 8 heteroatoms. The van der Waals surface area contributed by atoms with Crippen LogP contribution in [0.5, 0.6) is 0 Å². The van der Waals surface area contributed by atoms with E-state index in [1.807, 2.05) is 0 Å². The second-order valence-corrected chi connectivity index (χ2v) is 6.69. The van der Waals surface area contributed by atoms with Gasteiger partial charge in [0.2, 0.25) is 0 Å². The van der Waals surface area contributed by atoms with Crippen LogP contribution in [-0.2, 0) is 0 Å². The molecule has 3 rings (SSSR count). The maximum atomic E-state index is 12.4. The van der Waals surface area contributed by atoms with Crippen LogP contribution in [0.3, 0.4) is 0 Å². The average Bonchev–Trinajstić information content (AvgIpc) is 2.80. The summed E-state index contributed by atoms with van der Waals surface area (Å²) in [4.78, 5) is 41.9. The number of nitrogens with one attached hydrogen (secondary N) is 2. The molecule has 0 bridgehead atoms. The summed E-state index contributed by atoms with van der Waals surface area (Å²) in [6, 6.07) is 7.32. The number of fused-ring (bicyclic) bond motifs is 1. The second kappa shape index (κ2) is 6.64. The molecule has 2 heterocycles. The Morgan fingerprint density at radius 2 is 1.80 bits per heavy atom. The molecular weight excluding hydrogens is 388 g/mol. The fourth-order valence-corrected chi connectivity index (χ4v) is 2.77. The van der Waals surface area contributed by atoms with Gasteiger partial charge in [0.05, 0.1) is 11.1 Å². The number of rotatable bonds is 3. The molecule has 4 amide bonds. The maximum Gasteiger partial charge on any atom is 0.324 e. The van der Waals surface area contributed by atoms with E-state index in [9.17, 15) is 14.4 Å². The summed E-state index contributed by atoms with van der Waals surface area (Å²) in [5, 5.41) is 5.22. The second-order valence-electron chi connectivity index (χ2n) is 5.78. The Balaban J connectivity index is 1.75. The number of halogens is 1. The van der Waals surface area contributed by atoms with Crippen molar-refractivity contribution in [3.05, 3.63) is 52.1 Å². The molecule has 25 heavy (non-hydrogen) atoms. The molecule has 0 fully saturated rings. The van der Waals surface area contributed by atoms with Crippen molar-refractivity contribution < 1.29 is 14.4 Å². The number of nitrogens with zero attached hydrogens (tertiary/aromatic N) is 2. The molecule has 1 aliphatic rings. The van der Waals surface area contributed by atoms with E-state index >= 15 is 0 Å². The SMILES string of the molecule is CC(C)N1C(=O)c2ccc(NC(=O)Nc3ccc(Br)cn3)cc2C1=O. The van der Waals surface area contributed by atoms with Crippen LogP contribution in [0.25, 0.3) is 0 Å². The molecule has 7 nitrogen and oxygen atoms in total. The predicted octanol–water partition coefficient (Wildman–Crippen LogP) is 3.49. The van der Waals surface area contributed by atoms with E-state index in [2.05, 4.69) is 31.5 Å². The molecule has 0 spiro atoms. The minimum Gasteiger partial charge on any atom is -0.308 e. The fourth-order valence-electron chi connectivity index (χ4n) is 2.53. The number of anilines is 2. The molecule has 0 saturated carbocycles. The normalized spacial score (nSPS) is 13.2. The predicted molar refractivity (Wildman–Crippen MR) is 96.7 cm³/mol. The Morgan fingerprint density at radius 3 is 2.44 bits per heavy atom. The third-order valence-electron chi connectivity index (χ3n) is 3.66. The average molecular weight is 403 g/mol. The molecule has 0 atom stereocenters. The van der Waals surface area contributed by atoms with Crippen molar-refractivity contribution in [2.45, 2.75) is 19.9 Å². The number of amides is 4. The Bertz CT molecular complexity index is 865. The topological polar surface area (TPSA) is 91.4 Å². The van der Waals surface area contributed by atoms with E-state index in [0.717, 1.165) is 4.47 Å². The number of benzene rings is 1. The number of carbonyl (C=O) groups is 3. The molecule has 0 saturated heterocycles. The fraction of sp³-hybridized carbons (Fsp3) is 0.176. The van der Waals surface area contributed by atoms with Gasteiger partial charge in [0.15, 0.2) is 0 Å². The van der Waals surface area contributed by atoms with Gasteiger partial charge in [-0.1, -0.05) is 0 Å². The number of hydrogen-bond donors (Lipinski definition) is 2. The van der Waals surface area contributed by atoms with Crippen LogP contribution in [0.2, 0.25) is 0 Å². The lowest BCUT2D eigenvalue weighted by Gasteiger charge is -2.17. The van der Waals surface area contributed by atoms with Crippen LogP contribution in [0.4, 0.5) is 16.3 Å². The van der Waals surface area contributed by atoms with Gasteiger partial charge in [-0.2, -0.15) is 0 Å². The summed E-state index contributed by atoms with van der Waals surface area (Å²) in [5.41, 5.74) is 1.05. The highest BCUT2D eigenvalue weighted by atomic mass is 79.9. The number of urea groups is 1. The van der Waals surface area contributed by atoms with Gasteiger partial charge in [-0.15, -0.1) is 0 Å². The molecular formula is C17H15BrN4O3. The van der Waals surface area contributed by atoms with E-state index in [0.29, 0.717) is 22.6 Å². The molecule has 0 radical (unpaired) electrons. The minimum absolute atomic E-state index is 0.226. The van der Waals surface area contributed by atoms with Crippen LogP contribution in [0, 0.1) is 0 Å². The molecule has 1 aromatic carbocycles.